The van der Waals surface area contributed by atoms with E-state index in [1.165, 1.54) is 43.9 Å². The molecule has 12 heavy (non-hydrogen) atoms. The first kappa shape index (κ1) is 9.93. The van der Waals surface area contributed by atoms with E-state index >= 15 is 0 Å². The maximum absolute atomic E-state index is 4.33. The van der Waals surface area contributed by atoms with Crippen molar-refractivity contribution in [2.45, 2.75) is 19.8 Å². The Morgan fingerprint density at radius 2 is 2.50 bits per heavy atom. The van der Waals surface area contributed by atoms with Crippen molar-refractivity contribution < 1.29 is 0 Å². The molecule has 0 saturated heterocycles. The SMILES string of the molecule is CCCCN=Cc1ccc[n]1[Po]. The van der Waals surface area contributed by atoms with Gasteiger partial charge in [0.25, 0.3) is 0 Å². The van der Waals surface area contributed by atoms with Crippen LogP contribution < -0.4 is 0 Å². The molecule has 0 aliphatic carbocycles. The number of hydrogen-bond acceptors (Lipinski definition) is 1. The Balaban J connectivity index is 2.41. The Kier molecular flexibility index (Phi) is 4.54. The molecule has 0 aromatic carbocycles. The van der Waals surface area contributed by atoms with Gasteiger partial charge in [0.2, 0.25) is 0 Å². The van der Waals surface area contributed by atoms with Gasteiger partial charge in [-0.2, -0.15) is 0 Å². The molecule has 65 valence electrons. The van der Waals surface area contributed by atoms with Crippen LogP contribution in [-0.2, 0) is 0 Å². The Morgan fingerprint density at radius 1 is 1.67 bits per heavy atom. The van der Waals surface area contributed by atoms with Crippen molar-refractivity contribution in [1.82, 2.24) is 2.47 Å². The average molecular weight is 358 g/mol. The molecule has 0 aliphatic heterocycles. The molecule has 1 radical (unpaired) electrons. The van der Waals surface area contributed by atoms with Gasteiger partial charge < -0.3 is 0 Å². The Morgan fingerprint density at radius 3 is 3.08 bits per heavy atom. The topological polar surface area (TPSA) is 17.3 Å². The molecule has 0 unspecified atom stereocenters. The zero-order chi connectivity index (χ0) is 8.81. The fraction of sp³-hybridized carbons (Fsp3) is 0.444. The summed E-state index contributed by atoms with van der Waals surface area (Å²) < 4.78 is 2.15. The third kappa shape index (κ3) is 3.07. The third-order valence-corrected chi connectivity index (χ3v) is 2.90. The van der Waals surface area contributed by atoms with E-state index in [2.05, 4.69) is 26.6 Å². The molecule has 0 atom stereocenters. The maximum atomic E-state index is 4.33. The average Bonchev–Trinajstić information content (AvgIpc) is 2.46. The Hall–Kier alpha value is -0.154. The van der Waals surface area contributed by atoms with E-state index in [-0.39, 0.29) is 0 Å². The Bertz CT molecular complexity index is 253. The first-order valence-corrected chi connectivity index (χ1v) is 5.61. The van der Waals surface area contributed by atoms with Gasteiger partial charge in [0.15, 0.2) is 0 Å². The number of nitrogens with zero attached hydrogens (tertiary/aromatic N) is 2. The summed E-state index contributed by atoms with van der Waals surface area (Å²) in [5.41, 5.74) is 1.21. The monoisotopic (exact) mass is 358 g/mol. The van der Waals surface area contributed by atoms with E-state index in [1.54, 1.807) is 0 Å². The van der Waals surface area contributed by atoms with Gasteiger partial charge in [-0.3, -0.25) is 0 Å². The molecular weight excluding hydrogens is 345 g/mol. The minimum atomic E-state index is 0.955. The van der Waals surface area contributed by atoms with E-state index in [1.807, 2.05) is 12.3 Å². The summed E-state index contributed by atoms with van der Waals surface area (Å²) >= 11 is 1.44. The fourth-order valence-electron chi connectivity index (χ4n) is 0.887. The number of hydrogen-bond donors (Lipinski definition) is 0. The molecule has 0 fully saturated rings. The second kappa shape index (κ2) is 5.48. The number of aliphatic imine (C=N–C) groups is 1. The van der Waals surface area contributed by atoms with E-state index in [9.17, 15) is 0 Å². The van der Waals surface area contributed by atoms with Gasteiger partial charge in [-0.25, -0.2) is 0 Å². The van der Waals surface area contributed by atoms with Crippen LogP contribution in [0.2, 0.25) is 0 Å². The molecule has 0 saturated carbocycles. The van der Waals surface area contributed by atoms with E-state index < -0.39 is 0 Å². The second-order valence-electron chi connectivity index (χ2n) is 2.65. The van der Waals surface area contributed by atoms with Gasteiger partial charge in [-0.05, 0) is 0 Å². The van der Waals surface area contributed by atoms with Crippen LogP contribution in [0.25, 0.3) is 0 Å². The van der Waals surface area contributed by atoms with Gasteiger partial charge in [-0.1, -0.05) is 0 Å². The molecule has 0 bridgehead atoms. The molecule has 1 aromatic heterocycles. The van der Waals surface area contributed by atoms with Crippen LogP contribution in [0.4, 0.5) is 0 Å². The van der Waals surface area contributed by atoms with Gasteiger partial charge in [0, 0.05) is 0 Å². The third-order valence-electron chi connectivity index (χ3n) is 1.61. The van der Waals surface area contributed by atoms with Crippen LogP contribution in [0.15, 0.2) is 23.3 Å². The van der Waals surface area contributed by atoms with Crippen molar-refractivity contribution in [2.75, 3.05) is 6.54 Å². The molecule has 1 aromatic rings. The van der Waals surface area contributed by atoms with Gasteiger partial charge in [0.05, 0.1) is 0 Å². The molecule has 0 amide bonds. The van der Waals surface area contributed by atoms with Crippen LogP contribution in [0, 0.1) is 0 Å². The van der Waals surface area contributed by atoms with Crippen LogP contribution >= 0.6 is 0 Å². The normalized spacial score (nSPS) is 11.1. The predicted molar refractivity (Wildman–Crippen MR) is 53.0 cm³/mol. The molecule has 0 spiro atoms. The summed E-state index contributed by atoms with van der Waals surface area (Å²) in [7, 11) is 0. The first-order chi connectivity index (χ1) is 5.84. The van der Waals surface area contributed by atoms with Crippen LogP contribution in [0.3, 0.4) is 0 Å². The quantitative estimate of drug-likeness (QED) is 0.575. The van der Waals surface area contributed by atoms with Crippen LogP contribution in [0.5, 0.6) is 0 Å². The van der Waals surface area contributed by atoms with Gasteiger partial charge in [0.1, 0.15) is 0 Å². The van der Waals surface area contributed by atoms with Crippen molar-refractivity contribution in [3.05, 3.63) is 24.0 Å². The first-order valence-electron chi connectivity index (χ1n) is 4.19. The summed E-state index contributed by atoms with van der Waals surface area (Å²) in [5.74, 6) is 0. The zero-order valence-corrected chi connectivity index (χ0v) is 10.4. The fourth-order valence-corrected chi connectivity index (χ4v) is 1.58. The summed E-state index contributed by atoms with van der Waals surface area (Å²) in [6, 6.07) is 4.14. The van der Waals surface area contributed by atoms with Crippen LogP contribution in [-0.4, -0.2) is 40.6 Å². The molecule has 0 aliphatic rings. The van der Waals surface area contributed by atoms with Crippen molar-refractivity contribution in [1.29, 1.82) is 0 Å². The van der Waals surface area contributed by atoms with E-state index in [0.717, 1.165) is 6.54 Å². The molecule has 1 heterocycles. The Labute approximate surface area is 89.2 Å². The predicted octanol–water partition coefficient (Wildman–Crippen LogP) is 1.64. The molecule has 1 rings (SSSR count). The number of rotatable bonds is 4. The van der Waals surface area contributed by atoms with Crippen molar-refractivity contribution in [2.24, 2.45) is 4.99 Å². The van der Waals surface area contributed by atoms with Gasteiger partial charge >= 0.3 is 89.4 Å². The van der Waals surface area contributed by atoms with E-state index in [0.29, 0.717) is 0 Å². The van der Waals surface area contributed by atoms with Crippen molar-refractivity contribution >= 4 is 31.6 Å². The summed E-state index contributed by atoms with van der Waals surface area (Å²) in [5, 5.41) is 0. The standard InChI is InChI=1S/C9H13N2.Po/c1-2-3-6-10-8-9-5-4-7-11-9;/h4-5,7-8H,2-3,6H2,1H3;/q-1;+1. The zero-order valence-electron chi connectivity index (χ0n) is 7.23. The summed E-state index contributed by atoms with van der Waals surface area (Å²) in [6.45, 7) is 3.14. The van der Waals surface area contributed by atoms with Crippen LogP contribution in [0.1, 0.15) is 25.5 Å². The molecule has 3 heteroatoms. The number of aromatic nitrogens is 1. The number of unbranched alkanes of at least 4 members (excludes halogenated alkanes) is 1. The summed E-state index contributed by atoms with van der Waals surface area (Å²) in [4.78, 5) is 4.33. The molecule has 0 N–H and O–H groups in total. The minimum absolute atomic E-state index is 0.955. The van der Waals surface area contributed by atoms with Gasteiger partial charge in [-0.15, -0.1) is 0 Å². The molecular formula is C9H13N2Po. The molecule has 2 nitrogen and oxygen atoms in total. The van der Waals surface area contributed by atoms with E-state index in [4.69, 9.17) is 0 Å². The van der Waals surface area contributed by atoms with Crippen molar-refractivity contribution in [3.8, 4) is 0 Å². The second-order valence-corrected chi connectivity index (χ2v) is 4.18. The summed E-state index contributed by atoms with van der Waals surface area (Å²) in [6.07, 6.45) is 6.43. The van der Waals surface area contributed by atoms with Crippen molar-refractivity contribution in [3.63, 3.8) is 0 Å².